The summed E-state index contributed by atoms with van der Waals surface area (Å²) in [5.74, 6) is 0.980. The summed E-state index contributed by atoms with van der Waals surface area (Å²) in [4.78, 5) is 11.3. The Kier molecular flexibility index (Phi) is 6.63. The summed E-state index contributed by atoms with van der Waals surface area (Å²) < 4.78 is 0. The molecule has 6 heteroatoms. The maximum atomic E-state index is 4.69. The van der Waals surface area contributed by atoms with Crippen LogP contribution in [0.4, 0.5) is 0 Å². The Balaban J connectivity index is 0.00000176. The molecule has 0 spiro atoms. The molecule has 0 bridgehead atoms. The van der Waals surface area contributed by atoms with Gasteiger partial charge in [-0.2, -0.15) is 0 Å². The van der Waals surface area contributed by atoms with Crippen LogP contribution in [0.5, 0.6) is 0 Å². The number of rotatable bonds is 5. The van der Waals surface area contributed by atoms with Crippen molar-refractivity contribution in [1.29, 1.82) is 0 Å². The number of hydrogen-bond acceptors (Lipinski definition) is 5. The van der Waals surface area contributed by atoms with Crippen molar-refractivity contribution in [2.24, 2.45) is 4.99 Å². The summed E-state index contributed by atoms with van der Waals surface area (Å²) in [5, 5.41) is 6.70. The Morgan fingerprint density at radius 2 is 2.05 bits per heavy atom. The largest absolute Gasteiger partial charge is 0.351 e. The molecule has 0 unspecified atom stereocenters. The molecule has 22 heavy (non-hydrogen) atoms. The van der Waals surface area contributed by atoms with Gasteiger partial charge in [-0.1, -0.05) is 30.3 Å². The second kappa shape index (κ2) is 8.47. The Morgan fingerprint density at radius 1 is 1.23 bits per heavy atom. The third kappa shape index (κ3) is 4.67. The van der Waals surface area contributed by atoms with Gasteiger partial charge in [-0.05, 0) is 12.0 Å². The molecule has 4 nitrogen and oxygen atoms in total. The van der Waals surface area contributed by atoms with Gasteiger partial charge in [0.25, 0.3) is 0 Å². The highest BCUT2D eigenvalue weighted by atomic mass is 127. The third-order valence-electron chi connectivity index (χ3n) is 3.56. The van der Waals surface area contributed by atoms with E-state index in [1.54, 1.807) is 11.3 Å². The van der Waals surface area contributed by atoms with Crippen LogP contribution >= 0.6 is 35.3 Å². The predicted octanol–water partition coefficient (Wildman–Crippen LogP) is 2.94. The first-order valence-corrected chi connectivity index (χ1v) is 8.16. The second-order valence-electron chi connectivity index (χ2n) is 5.20. The molecule has 1 aromatic heterocycles. The van der Waals surface area contributed by atoms with Crippen LogP contribution in [-0.2, 0) is 19.4 Å². The number of nitrogens with zero attached hydrogens (tertiary/aromatic N) is 3. The van der Waals surface area contributed by atoms with Crippen molar-refractivity contribution >= 4 is 41.3 Å². The lowest BCUT2D eigenvalue weighted by molar-refractivity contribution is 0.533. The van der Waals surface area contributed by atoms with Gasteiger partial charge in [-0.25, -0.2) is 4.98 Å². The Labute approximate surface area is 152 Å². The number of halogens is 1. The van der Waals surface area contributed by atoms with E-state index in [0.29, 0.717) is 0 Å². The van der Waals surface area contributed by atoms with Crippen LogP contribution in [0.25, 0.3) is 0 Å². The van der Waals surface area contributed by atoms with Crippen molar-refractivity contribution in [3.05, 3.63) is 52.0 Å². The first-order valence-electron chi connectivity index (χ1n) is 7.28. The molecule has 0 aliphatic carbocycles. The lowest BCUT2D eigenvalue weighted by Gasteiger charge is -2.14. The first kappa shape index (κ1) is 17.2. The summed E-state index contributed by atoms with van der Waals surface area (Å²) in [6.07, 6.45) is 2.06. The standard InChI is InChI=1S/C16H20N4S.HI/c1-20-10-9-17-16(20)18-11-14-12-21-15(19-14)8-7-13-5-3-2-4-6-13;/h2-6,12H,7-11H2,1H3,(H,17,18);1H. The zero-order valence-corrected chi connectivity index (χ0v) is 15.8. The van der Waals surface area contributed by atoms with Crippen LogP contribution in [0.3, 0.4) is 0 Å². The van der Waals surface area contributed by atoms with Gasteiger partial charge in [0.1, 0.15) is 0 Å². The van der Waals surface area contributed by atoms with Crippen molar-refractivity contribution in [2.45, 2.75) is 19.4 Å². The predicted molar refractivity (Wildman–Crippen MR) is 103 cm³/mol. The highest BCUT2D eigenvalue weighted by Gasteiger charge is 2.12. The van der Waals surface area contributed by atoms with Crippen LogP contribution in [0.1, 0.15) is 16.3 Å². The van der Waals surface area contributed by atoms with Gasteiger partial charge in [0.15, 0.2) is 5.96 Å². The monoisotopic (exact) mass is 428 g/mol. The smallest absolute Gasteiger partial charge is 0.194 e. The van der Waals surface area contributed by atoms with E-state index in [1.807, 2.05) is 0 Å². The van der Waals surface area contributed by atoms with Gasteiger partial charge >= 0.3 is 0 Å². The number of thiazole rings is 1. The Bertz CT molecular complexity index is 612. The molecule has 0 saturated heterocycles. The normalized spacial score (nSPS) is 13.7. The molecule has 3 rings (SSSR count). The van der Waals surface area contributed by atoms with Crippen LogP contribution in [0.15, 0.2) is 40.7 Å². The van der Waals surface area contributed by atoms with Crippen molar-refractivity contribution in [3.8, 4) is 0 Å². The van der Waals surface area contributed by atoms with E-state index in [-0.39, 0.29) is 24.0 Å². The highest BCUT2D eigenvalue weighted by Crippen LogP contribution is 2.13. The fraction of sp³-hybridized carbons (Fsp3) is 0.375. The minimum absolute atomic E-state index is 0. The van der Waals surface area contributed by atoms with Gasteiger partial charge in [-0.3, -0.25) is 4.99 Å². The topological polar surface area (TPSA) is 40.5 Å². The fourth-order valence-corrected chi connectivity index (χ4v) is 3.13. The van der Waals surface area contributed by atoms with Crippen LogP contribution in [0, 0.1) is 0 Å². The van der Waals surface area contributed by atoms with E-state index in [2.05, 4.69) is 58.0 Å². The molecule has 1 aliphatic heterocycles. The number of likely N-dealkylation sites (N-methyl/N-ethyl adjacent to an activating group) is 1. The van der Waals surface area contributed by atoms with Gasteiger partial charge in [0.2, 0.25) is 0 Å². The van der Waals surface area contributed by atoms with Crippen LogP contribution in [0.2, 0.25) is 0 Å². The molecule has 0 fully saturated rings. The molecular weight excluding hydrogens is 407 g/mol. The van der Waals surface area contributed by atoms with E-state index in [4.69, 9.17) is 4.98 Å². The molecular formula is C16H21IN4S. The van der Waals surface area contributed by atoms with Crippen molar-refractivity contribution in [1.82, 2.24) is 15.2 Å². The van der Waals surface area contributed by atoms with Crippen molar-refractivity contribution in [2.75, 3.05) is 20.1 Å². The summed E-state index contributed by atoms with van der Waals surface area (Å²) >= 11 is 1.75. The lowest BCUT2D eigenvalue weighted by atomic mass is 10.1. The number of aromatic nitrogens is 1. The van der Waals surface area contributed by atoms with Crippen molar-refractivity contribution in [3.63, 3.8) is 0 Å². The zero-order chi connectivity index (χ0) is 14.5. The molecule has 0 atom stereocenters. The molecule has 118 valence electrons. The SMILES string of the molecule is CN1CCN=C1NCc1csc(CCc2ccccc2)n1.I. The molecule has 1 aromatic carbocycles. The number of nitrogens with one attached hydrogen (secondary N) is 1. The quantitative estimate of drug-likeness (QED) is 0.745. The molecule has 0 amide bonds. The molecule has 1 N–H and O–H groups in total. The van der Waals surface area contributed by atoms with Gasteiger partial charge in [-0.15, -0.1) is 35.3 Å². The lowest BCUT2D eigenvalue weighted by Crippen LogP contribution is -2.35. The molecule has 2 aromatic rings. The van der Waals surface area contributed by atoms with E-state index in [0.717, 1.165) is 44.1 Å². The van der Waals surface area contributed by atoms with Gasteiger partial charge in [0.05, 0.1) is 23.8 Å². The molecule has 0 saturated carbocycles. The number of guanidine groups is 1. The second-order valence-corrected chi connectivity index (χ2v) is 6.14. The minimum atomic E-state index is 0. The summed E-state index contributed by atoms with van der Waals surface area (Å²) in [5.41, 5.74) is 2.47. The first-order chi connectivity index (χ1) is 10.3. The minimum Gasteiger partial charge on any atom is -0.351 e. The molecule has 0 radical (unpaired) electrons. The maximum absolute atomic E-state index is 4.69. The van der Waals surface area contributed by atoms with Gasteiger partial charge < -0.3 is 10.2 Å². The third-order valence-corrected chi connectivity index (χ3v) is 4.51. The van der Waals surface area contributed by atoms with Crippen LogP contribution < -0.4 is 5.32 Å². The van der Waals surface area contributed by atoms with Crippen LogP contribution in [-0.4, -0.2) is 36.0 Å². The Hall–Kier alpha value is -1.15. The zero-order valence-electron chi connectivity index (χ0n) is 12.7. The van der Waals surface area contributed by atoms with E-state index in [1.165, 1.54) is 10.6 Å². The molecule has 2 heterocycles. The number of aliphatic imine (C=N–C) groups is 1. The number of benzene rings is 1. The number of hydrogen-bond donors (Lipinski definition) is 1. The summed E-state index contributed by atoms with van der Waals surface area (Å²) in [6.45, 7) is 2.64. The maximum Gasteiger partial charge on any atom is 0.194 e. The van der Waals surface area contributed by atoms with Gasteiger partial charge in [0, 0.05) is 25.4 Å². The van der Waals surface area contributed by atoms with E-state index >= 15 is 0 Å². The molecule has 1 aliphatic rings. The Morgan fingerprint density at radius 3 is 2.77 bits per heavy atom. The number of aryl methyl sites for hydroxylation is 2. The highest BCUT2D eigenvalue weighted by molar-refractivity contribution is 14.0. The van der Waals surface area contributed by atoms with E-state index in [9.17, 15) is 0 Å². The van der Waals surface area contributed by atoms with E-state index < -0.39 is 0 Å². The average molecular weight is 428 g/mol. The average Bonchev–Trinajstić information content (AvgIpc) is 3.13. The fourth-order valence-electron chi connectivity index (χ4n) is 2.33. The summed E-state index contributed by atoms with van der Waals surface area (Å²) in [6, 6.07) is 10.6. The van der Waals surface area contributed by atoms with Crippen molar-refractivity contribution < 1.29 is 0 Å². The summed E-state index contributed by atoms with van der Waals surface area (Å²) in [7, 11) is 2.06.